The van der Waals surface area contributed by atoms with E-state index in [0.717, 1.165) is 11.1 Å². The van der Waals surface area contributed by atoms with Crippen LogP contribution in [0.3, 0.4) is 0 Å². The number of benzene rings is 2. The van der Waals surface area contributed by atoms with E-state index in [9.17, 15) is 19.2 Å². The normalized spacial score (nSPS) is 14.5. The Labute approximate surface area is 267 Å². The third-order valence-electron chi connectivity index (χ3n) is 6.42. The monoisotopic (exact) mass is 636 g/mol. The molecule has 3 amide bonds. The SMILES string of the molecule is CC(C)(C)OOC(=O)NCCCn1cc(-c2ccc(OCC(C)(ON3C(=O)c4ccccc4C3=O)C(=O)OC(C)(C)C)cc2)cn1. The number of amides is 3. The minimum atomic E-state index is -1.84. The summed E-state index contributed by atoms with van der Waals surface area (Å²) in [6.45, 7) is 12.4. The molecular weight excluding hydrogens is 596 g/mol. The van der Waals surface area contributed by atoms with E-state index in [-0.39, 0.29) is 17.7 Å². The van der Waals surface area contributed by atoms with Crippen LogP contribution in [0.1, 0.15) is 75.6 Å². The number of carbonyl (C=O) groups is 4. The van der Waals surface area contributed by atoms with E-state index in [1.54, 1.807) is 76.7 Å². The molecule has 246 valence electrons. The quantitative estimate of drug-likeness (QED) is 0.0936. The first-order valence-corrected chi connectivity index (χ1v) is 14.8. The summed E-state index contributed by atoms with van der Waals surface area (Å²) in [6.07, 6.45) is 3.58. The molecule has 13 nitrogen and oxygen atoms in total. The zero-order valence-corrected chi connectivity index (χ0v) is 27.1. The van der Waals surface area contributed by atoms with Crippen molar-refractivity contribution in [1.82, 2.24) is 20.2 Å². The average Bonchev–Trinajstić information content (AvgIpc) is 3.55. The summed E-state index contributed by atoms with van der Waals surface area (Å²) in [5.41, 5.74) is -1.19. The Morgan fingerprint density at radius 2 is 1.48 bits per heavy atom. The molecule has 46 heavy (non-hydrogen) atoms. The molecule has 1 N–H and O–H groups in total. The van der Waals surface area contributed by atoms with Crippen LogP contribution in [0.4, 0.5) is 4.79 Å². The van der Waals surface area contributed by atoms with Crippen molar-refractivity contribution in [3.8, 4) is 16.9 Å². The molecule has 0 bridgehead atoms. The number of aromatic nitrogens is 2. The Bertz CT molecular complexity index is 1540. The summed E-state index contributed by atoms with van der Waals surface area (Å²) in [4.78, 5) is 66.4. The minimum absolute atomic E-state index is 0.182. The van der Waals surface area contributed by atoms with Crippen LogP contribution in [-0.2, 0) is 30.7 Å². The van der Waals surface area contributed by atoms with Crippen molar-refractivity contribution < 1.29 is 43.3 Å². The van der Waals surface area contributed by atoms with Gasteiger partial charge in [0.1, 0.15) is 23.6 Å². The van der Waals surface area contributed by atoms with Gasteiger partial charge in [0.05, 0.1) is 17.3 Å². The molecule has 0 spiro atoms. The van der Waals surface area contributed by atoms with Gasteiger partial charge in [0, 0.05) is 24.8 Å². The van der Waals surface area contributed by atoms with Crippen molar-refractivity contribution in [1.29, 1.82) is 0 Å². The first-order valence-electron chi connectivity index (χ1n) is 14.8. The number of imide groups is 1. The zero-order chi connectivity index (χ0) is 33.7. The molecule has 1 aliphatic rings. The van der Waals surface area contributed by atoms with Crippen molar-refractivity contribution in [2.24, 2.45) is 0 Å². The highest BCUT2D eigenvalue weighted by Gasteiger charge is 2.47. The van der Waals surface area contributed by atoms with Crippen LogP contribution in [0.25, 0.3) is 11.1 Å². The van der Waals surface area contributed by atoms with Gasteiger partial charge in [0.25, 0.3) is 11.8 Å². The number of fused-ring (bicyclic) bond motifs is 1. The molecule has 0 fully saturated rings. The smallest absolute Gasteiger partial charge is 0.438 e. The number of nitrogens with zero attached hydrogens (tertiary/aromatic N) is 3. The molecule has 1 aromatic heterocycles. The summed E-state index contributed by atoms with van der Waals surface area (Å²) in [5.74, 6) is -1.73. The fourth-order valence-corrected chi connectivity index (χ4v) is 4.18. The first kappa shape index (κ1) is 34.1. The summed E-state index contributed by atoms with van der Waals surface area (Å²) in [7, 11) is 0. The number of rotatable bonds is 12. The molecule has 0 saturated carbocycles. The van der Waals surface area contributed by atoms with Gasteiger partial charge in [-0.2, -0.15) is 9.99 Å². The van der Waals surface area contributed by atoms with Gasteiger partial charge in [-0.15, -0.1) is 5.06 Å². The van der Waals surface area contributed by atoms with E-state index in [1.165, 1.54) is 19.1 Å². The van der Waals surface area contributed by atoms with Crippen LogP contribution in [0.2, 0.25) is 0 Å². The molecule has 2 heterocycles. The van der Waals surface area contributed by atoms with Crippen LogP contribution in [-0.4, -0.2) is 68.7 Å². The number of esters is 1. The van der Waals surface area contributed by atoms with Gasteiger partial charge in [0.2, 0.25) is 5.60 Å². The fourth-order valence-electron chi connectivity index (χ4n) is 4.18. The number of carbonyl (C=O) groups excluding carboxylic acids is 4. The third kappa shape index (κ3) is 8.92. The van der Waals surface area contributed by atoms with Crippen LogP contribution in [0, 0.1) is 0 Å². The zero-order valence-electron chi connectivity index (χ0n) is 27.1. The van der Waals surface area contributed by atoms with Gasteiger partial charge in [0.15, 0.2) is 0 Å². The van der Waals surface area contributed by atoms with Crippen molar-refractivity contribution in [2.45, 2.75) is 78.2 Å². The van der Waals surface area contributed by atoms with E-state index in [4.69, 9.17) is 24.1 Å². The predicted molar refractivity (Wildman–Crippen MR) is 165 cm³/mol. The Morgan fingerprint density at radius 1 is 0.848 bits per heavy atom. The molecule has 4 rings (SSSR count). The molecule has 2 aromatic carbocycles. The van der Waals surface area contributed by atoms with Gasteiger partial charge in [-0.25, -0.2) is 14.4 Å². The number of ether oxygens (including phenoxy) is 2. The molecule has 0 aliphatic carbocycles. The van der Waals surface area contributed by atoms with Gasteiger partial charge in [-0.1, -0.05) is 24.3 Å². The second-order valence-electron chi connectivity index (χ2n) is 12.9. The lowest BCUT2D eigenvalue weighted by atomic mass is 10.1. The van der Waals surface area contributed by atoms with E-state index >= 15 is 0 Å². The van der Waals surface area contributed by atoms with Crippen molar-refractivity contribution in [3.05, 3.63) is 72.1 Å². The van der Waals surface area contributed by atoms with Crippen molar-refractivity contribution in [2.75, 3.05) is 13.2 Å². The second kappa shape index (κ2) is 13.7. The highest BCUT2D eigenvalue weighted by molar-refractivity contribution is 6.20. The summed E-state index contributed by atoms with van der Waals surface area (Å²) >= 11 is 0. The largest absolute Gasteiger partial charge is 0.490 e. The Kier molecular flexibility index (Phi) is 10.2. The number of hydrogen-bond donors (Lipinski definition) is 1. The standard InChI is InChI=1S/C33H40N4O9/c1-31(2,3)43-29(40)33(7,45-37-27(38)25-11-8-9-12-26(25)28(37)39)21-42-24-15-13-22(14-16-24)23-19-35-36(20-23)18-10-17-34-30(41)44-46-32(4,5)6/h8-9,11-16,19-20H,10,17-18,21H2,1-7H3,(H,34,41). The summed E-state index contributed by atoms with van der Waals surface area (Å²) < 4.78 is 13.3. The van der Waals surface area contributed by atoms with Crippen LogP contribution >= 0.6 is 0 Å². The molecule has 13 heteroatoms. The highest BCUT2D eigenvalue weighted by atomic mass is 17.2. The topological polar surface area (TPSA) is 148 Å². The number of hydroxylamine groups is 2. The minimum Gasteiger partial charge on any atom is -0.490 e. The Balaban J connectivity index is 1.35. The van der Waals surface area contributed by atoms with E-state index < -0.39 is 40.7 Å². The maximum atomic E-state index is 13.3. The average molecular weight is 637 g/mol. The number of aryl methyl sites for hydroxylation is 1. The molecule has 1 unspecified atom stereocenters. The van der Waals surface area contributed by atoms with E-state index in [2.05, 4.69) is 10.4 Å². The lowest BCUT2D eigenvalue weighted by Gasteiger charge is -2.32. The van der Waals surface area contributed by atoms with Crippen LogP contribution in [0.5, 0.6) is 5.75 Å². The Hall–Kier alpha value is -4.75. The predicted octanol–water partition coefficient (Wildman–Crippen LogP) is 5.10. The van der Waals surface area contributed by atoms with Gasteiger partial charge < -0.3 is 14.8 Å². The maximum Gasteiger partial charge on any atom is 0.438 e. The molecule has 1 aliphatic heterocycles. The number of nitrogens with one attached hydrogen (secondary N) is 1. The van der Waals surface area contributed by atoms with Crippen molar-refractivity contribution in [3.63, 3.8) is 0 Å². The summed E-state index contributed by atoms with van der Waals surface area (Å²) in [5, 5.41) is 7.59. The molecule has 0 saturated heterocycles. The second-order valence-corrected chi connectivity index (χ2v) is 12.9. The fraction of sp³-hybridized carbons (Fsp3) is 0.424. The molecule has 1 atom stereocenters. The molecular formula is C33H40N4O9. The molecule has 3 aromatic rings. The van der Waals surface area contributed by atoms with Crippen LogP contribution in [0.15, 0.2) is 60.9 Å². The van der Waals surface area contributed by atoms with E-state index in [0.29, 0.717) is 30.3 Å². The van der Waals surface area contributed by atoms with Crippen molar-refractivity contribution >= 4 is 23.9 Å². The summed E-state index contributed by atoms with van der Waals surface area (Å²) in [6, 6.07) is 13.4. The van der Waals surface area contributed by atoms with Crippen LogP contribution < -0.4 is 10.1 Å². The number of hydrogen-bond acceptors (Lipinski definition) is 10. The first-order chi connectivity index (χ1) is 21.5. The Morgan fingerprint density at radius 3 is 2.07 bits per heavy atom. The van der Waals surface area contributed by atoms with E-state index in [1.807, 2.05) is 18.3 Å². The lowest BCUT2D eigenvalue weighted by molar-refractivity contribution is -0.300. The highest BCUT2D eigenvalue weighted by Crippen LogP contribution is 2.29. The lowest BCUT2D eigenvalue weighted by Crippen LogP contribution is -2.52. The molecule has 0 radical (unpaired) electrons. The third-order valence-corrected chi connectivity index (χ3v) is 6.42. The van der Waals surface area contributed by atoms with Gasteiger partial charge in [-0.3, -0.25) is 19.2 Å². The van der Waals surface area contributed by atoms with Gasteiger partial charge >= 0.3 is 12.1 Å². The maximum absolute atomic E-state index is 13.3. The van der Waals surface area contributed by atoms with Gasteiger partial charge in [-0.05, 0) is 84.7 Å².